The second kappa shape index (κ2) is 8.25. The van der Waals surface area contributed by atoms with Crippen LogP contribution in [-0.2, 0) is 27.7 Å². The van der Waals surface area contributed by atoms with Gasteiger partial charge in [-0.2, -0.15) is 0 Å². The molecule has 176 valence electrons. The quantitative estimate of drug-likeness (QED) is 0.562. The summed E-state index contributed by atoms with van der Waals surface area (Å²) in [6.07, 6.45) is 2.61. The van der Waals surface area contributed by atoms with Crippen molar-refractivity contribution < 1.29 is 22.8 Å². The molecule has 4 rings (SSSR count). The van der Waals surface area contributed by atoms with Crippen LogP contribution in [0.25, 0.3) is 0 Å². The van der Waals surface area contributed by atoms with Crippen molar-refractivity contribution in [1.29, 1.82) is 0 Å². The molecule has 1 aromatic carbocycles. The lowest BCUT2D eigenvalue weighted by molar-refractivity contribution is -0.109. The van der Waals surface area contributed by atoms with Crippen LogP contribution in [0.2, 0.25) is 5.02 Å². The molecule has 1 saturated carbocycles. The third-order valence-corrected chi connectivity index (χ3v) is 9.77. The fourth-order valence-corrected chi connectivity index (χ4v) is 6.41. The number of imidazole rings is 1. The van der Waals surface area contributed by atoms with Crippen molar-refractivity contribution in [3.63, 3.8) is 0 Å². The summed E-state index contributed by atoms with van der Waals surface area (Å²) in [7, 11) is -3.78. The lowest BCUT2D eigenvalue weighted by Crippen LogP contribution is -2.51. The highest BCUT2D eigenvalue weighted by molar-refractivity contribution is 7.95. The first-order valence-electron chi connectivity index (χ1n) is 10.6. The Bertz CT molecular complexity index is 1220. The van der Waals surface area contributed by atoms with E-state index in [2.05, 4.69) is 10.3 Å². The van der Waals surface area contributed by atoms with Crippen molar-refractivity contribution >= 4 is 39.5 Å². The molecule has 1 aromatic heterocycles. The third-order valence-electron chi connectivity index (χ3n) is 6.36. The number of fused-ring (bicyclic) bond motifs is 1. The molecule has 11 heteroatoms. The number of sulfone groups is 1. The molecule has 0 saturated heterocycles. The number of amides is 2. The monoisotopic (exact) mass is 492 g/mol. The van der Waals surface area contributed by atoms with E-state index in [0.29, 0.717) is 30.7 Å². The van der Waals surface area contributed by atoms with E-state index in [1.807, 2.05) is 0 Å². The molecule has 1 fully saturated rings. The van der Waals surface area contributed by atoms with Gasteiger partial charge in [-0.25, -0.2) is 13.4 Å². The number of carbonyl (C=O) groups is 3. The smallest absolute Gasteiger partial charge is 0.287 e. The number of aromatic nitrogens is 2. The van der Waals surface area contributed by atoms with E-state index < -0.39 is 25.2 Å². The zero-order valence-electron chi connectivity index (χ0n) is 18.4. The Balaban J connectivity index is 1.47. The fourth-order valence-electron chi connectivity index (χ4n) is 4.07. The van der Waals surface area contributed by atoms with Crippen LogP contribution in [0.1, 0.15) is 53.4 Å². The Morgan fingerprint density at radius 2 is 1.91 bits per heavy atom. The standard InChI is InChI=1S/C22H25ClN4O5S/c1-21(2,14-28)33(31,32)22(7-8-22)13-26-9-10-27-17(20(26)30)12-24-18(27)19(29)25-11-15-3-5-16(23)6-4-15/h3-6,12,14H,7-11,13H2,1-2H3,(H,25,29). The zero-order chi connectivity index (χ0) is 24.0. The Kier molecular flexibility index (Phi) is 5.86. The van der Waals surface area contributed by atoms with E-state index in [4.69, 9.17) is 11.6 Å². The lowest BCUT2D eigenvalue weighted by atomic mass is 10.2. The molecule has 1 aliphatic carbocycles. The first-order valence-corrected chi connectivity index (χ1v) is 12.5. The number of aldehydes is 1. The normalized spacial score (nSPS) is 17.4. The number of hydrogen-bond acceptors (Lipinski definition) is 6. The van der Waals surface area contributed by atoms with Gasteiger partial charge in [-0.3, -0.25) is 9.59 Å². The minimum atomic E-state index is -3.78. The van der Waals surface area contributed by atoms with Crippen LogP contribution in [-0.4, -0.2) is 63.6 Å². The summed E-state index contributed by atoms with van der Waals surface area (Å²) in [6.45, 7) is 3.64. The van der Waals surface area contributed by atoms with Gasteiger partial charge in [-0.15, -0.1) is 0 Å². The molecule has 0 radical (unpaired) electrons. The lowest BCUT2D eigenvalue weighted by Gasteiger charge is -2.33. The zero-order valence-corrected chi connectivity index (χ0v) is 19.9. The van der Waals surface area contributed by atoms with Gasteiger partial charge in [0.05, 0.1) is 10.9 Å². The number of halogens is 1. The summed E-state index contributed by atoms with van der Waals surface area (Å²) in [5.74, 6) is -0.662. The van der Waals surface area contributed by atoms with E-state index in [-0.39, 0.29) is 37.1 Å². The SMILES string of the molecule is CC(C)(C=O)S(=O)(=O)C1(CN2CCn3c(cnc3C(=O)NCc3ccc(Cl)cc3)C2=O)CC1. The Labute approximate surface area is 197 Å². The van der Waals surface area contributed by atoms with Gasteiger partial charge in [0.15, 0.2) is 15.7 Å². The van der Waals surface area contributed by atoms with E-state index in [0.717, 1.165) is 5.56 Å². The largest absolute Gasteiger partial charge is 0.345 e. The Hall–Kier alpha value is -2.72. The molecule has 2 aliphatic rings. The van der Waals surface area contributed by atoms with Gasteiger partial charge in [0.2, 0.25) is 0 Å². The van der Waals surface area contributed by atoms with Gasteiger partial charge in [-0.1, -0.05) is 23.7 Å². The molecule has 33 heavy (non-hydrogen) atoms. The summed E-state index contributed by atoms with van der Waals surface area (Å²) >= 11 is 5.87. The van der Waals surface area contributed by atoms with Crippen LogP contribution in [0.4, 0.5) is 0 Å². The molecule has 2 amide bonds. The molecular formula is C22H25ClN4O5S. The molecule has 1 N–H and O–H groups in total. The summed E-state index contributed by atoms with van der Waals surface area (Å²) in [5, 5.41) is 3.39. The second-order valence-corrected chi connectivity index (χ2v) is 12.4. The maximum absolute atomic E-state index is 13.1. The van der Waals surface area contributed by atoms with Gasteiger partial charge in [-0.05, 0) is 44.4 Å². The summed E-state index contributed by atoms with van der Waals surface area (Å²) < 4.78 is 25.0. The predicted molar refractivity (Wildman–Crippen MR) is 122 cm³/mol. The Morgan fingerprint density at radius 1 is 1.24 bits per heavy atom. The number of rotatable bonds is 8. The van der Waals surface area contributed by atoms with E-state index >= 15 is 0 Å². The fraction of sp³-hybridized carbons (Fsp3) is 0.455. The van der Waals surface area contributed by atoms with E-state index in [1.54, 1.807) is 28.8 Å². The molecular weight excluding hydrogens is 468 g/mol. The molecule has 2 heterocycles. The first kappa shape index (κ1) is 23.4. The van der Waals surface area contributed by atoms with Crippen LogP contribution in [0.5, 0.6) is 0 Å². The van der Waals surface area contributed by atoms with Crippen molar-refractivity contribution in [3.8, 4) is 0 Å². The highest BCUT2D eigenvalue weighted by Gasteiger charge is 2.61. The summed E-state index contributed by atoms with van der Waals surface area (Å²) in [6, 6.07) is 7.07. The number of nitrogens with zero attached hydrogens (tertiary/aromatic N) is 3. The molecule has 9 nitrogen and oxygen atoms in total. The van der Waals surface area contributed by atoms with E-state index in [1.165, 1.54) is 24.9 Å². The van der Waals surface area contributed by atoms with E-state index in [9.17, 15) is 22.8 Å². The number of carbonyl (C=O) groups excluding carboxylic acids is 3. The summed E-state index contributed by atoms with van der Waals surface area (Å²) in [4.78, 5) is 42.7. The van der Waals surface area contributed by atoms with Crippen molar-refractivity contribution in [2.24, 2.45) is 0 Å². The molecule has 0 atom stereocenters. The minimum absolute atomic E-state index is 0.0225. The predicted octanol–water partition coefficient (Wildman–Crippen LogP) is 1.85. The third kappa shape index (κ3) is 4.06. The van der Waals surface area contributed by atoms with Gasteiger partial charge in [0, 0.05) is 31.2 Å². The van der Waals surface area contributed by atoms with Crippen LogP contribution in [0.3, 0.4) is 0 Å². The average molecular weight is 493 g/mol. The van der Waals surface area contributed by atoms with Gasteiger partial charge in [0.25, 0.3) is 11.8 Å². The van der Waals surface area contributed by atoms with Gasteiger partial charge < -0.3 is 19.6 Å². The van der Waals surface area contributed by atoms with Gasteiger partial charge in [0.1, 0.15) is 16.7 Å². The first-order chi connectivity index (χ1) is 15.5. The van der Waals surface area contributed by atoms with Crippen LogP contribution >= 0.6 is 11.6 Å². The van der Waals surface area contributed by atoms with Crippen molar-refractivity contribution in [1.82, 2.24) is 19.8 Å². The molecule has 0 spiro atoms. The average Bonchev–Trinajstić information content (AvgIpc) is 3.45. The van der Waals surface area contributed by atoms with Crippen LogP contribution in [0, 0.1) is 0 Å². The number of benzene rings is 1. The van der Waals surface area contributed by atoms with Crippen molar-refractivity contribution in [2.75, 3.05) is 13.1 Å². The molecule has 0 bridgehead atoms. The molecule has 1 aliphatic heterocycles. The summed E-state index contributed by atoms with van der Waals surface area (Å²) in [5.41, 5.74) is 1.11. The van der Waals surface area contributed by atoms with Crippen molar-refractivity contribution in [3.05, 3.63) is 52.6 Å². The second-order valence-electron chi connectivity index (χ2n) is 9.06. The molecule has 2 aromatic rings. The highest BCUT2D eigenvalue weighted by atomic mass is 35.5. The van der Waals surface area contributed by atoms with Crippen molar-refractivity contribution in [2.45, 2.75) is 49.3 Å². The van der Waals surface area contributed by atoms with Crippen LogP contribution in [0.15, 0.2) is 30.5 Å². The maximum Gasteiger partial charge on any atom is 0.287 e. The number of nitrogens with one attached hydrogen (secondary N) is 1. The van der Waals surface area contributed by atoms with Crippen LogP contribution < -0.4 is 5.32 Å². The Morgan fingerprint density at radius 3 is 2.52 bits per heavy atom. The van der Waals surface area contributed by atoms with Gasteiger partial charge >= 0.3 is 0 Å². The number of hydrogen-bond donors (Lipinski definition) is 1. The minimum Gasteiger partial charge on any atom is -0.345 e. The molecule has 0 unspecified atom stereocenters. The maximum atomic E-state index is 13.1. The highest BCUT2D eigenvalue weighted by Crippen LogP contribution is 2.48. The topological polar surface area (TPSA) is 118 Å².